The number of halogens is 3. The number of hydrogen-bond donors (Lipinski definition) is 1. The standard InChI is InChI=1S/C29H32ClN3O9S2.C29H32ClN3O8S2.C16H17ClN2O4S/c1-16-31-21(14-43-16)24(32-41-13-23(35)42-29(2,3)4)22(34)10-20-26(36)33-25(18(11-30)15-44(38)27(20)33)28(37)40-12-17-6-8-19(39-5)9-7-17;1-16-31-21(15-42-16)24(32-40-13-23(35)41-29(2,3)4)22(34)10-20-26(36)33-25(18(11-30)14-43-27(20)33)28(37)39-12-17-6-8-19(38-5)9-7-17;1-22-11-4-2-9(3-5-11)7-23-16(21)13-10(6-17)8-24-15-12(18)14(20)19(13)15/h6-9,14,20,27H,10-13,15H2,1-5H3;6-9,15,20,27H,10-14H2,1-5H3;2-5,12,15H,6-8,18H2,1H3/b2*32-24+;/t20?,27?,44-;;/m0../s1. The smallest absolute Gasteiger partial charge is 0.355 e. The van der Waals surface area contributed by atoms with E-state index >= 15 is 0 Å². The van der Waals surface area contributed by atoms with E-state index in [9.17, 15) is 52.2 Å². The van der Waals surface area contributed by atoms with Crippen molar-refractivity contribution in [2.24, 2.45) is 27.9 Å². The van der Waals surface area contributed by atoms with E-state index in [-0.39, 0.29) is 107 Å². The number of Topliss-reactive ketones (excluding diaryl/α,β-unsaturated/α-hetero) is 2. The van der Waals surface area contributed by atoms with E-state index in [2.05, 4.69) is 20.3 Å². The highest BCUT2D eigenvalue weighted by atomic mass is 35.5. The molecule has 6 aliphatic heterocycles. The van der Waals surface area contributed by atoms with Gasteiger partial charge < -0.3 is 53.3 Å². The molecular formula is C74H81Cl3N8O21S5. The largest absolute Gasteiger partial charge is 0.497 e. The number of β-lactam (4-membered cyclic amide) rings is 3. The number of carbonyl (C=O) groups excluding carboxylic acids is 10. The number of fused-ring (bicyclic) bond motifs is 3. The molecule has 0 aliphatic carbocycles. The molecule has 0 bridgehead atoms. The Balaban J connectivity index is 0.000000200. The lowest BCUT2D eigenvalue weighted by atomic mass is 9.89. The van der Waals surface area contributed by atoms with Gasteiger partial charge in [-0.3, -0.25) is 42.9 Å². The Morgan fingerprint density at radius 3 is 1.25 bits per heavy atom. The Morgan fingerprint density at radius 1 is 0.532 bits per heavy atom. The lowest BCUT2D eigenvalue weighted by molar-refractivity contribution is -0.161. The van der Waals surface area contributed by atoms with Crippen LogP contribution in [0.2, 0.25) is 0 Å². The molecule has 0 radical (unpaired) electrons. The number of benzene rings is 3. The molecule has 7 atom stereocenters. The third kappa shape index (κ3) is 21.7. The number of aromatic nitrogens is 2. The Morgan fingerprint density at radius 2 is 0.892 bits per heavy atom. The van der Waals surface area contributed by atoms with Crippen LogP contribution in [0.4, 0.5) is 0 Å². The van der Waals surface area contributed by atoms with Crippen molar-refractivity contribution in [3.8, 4) is 17.2 Å². The van der Waals surface area contributed by atoms with Gasteiger partial charge in [-0.2, -0.15) is 0 Å². The second kappa shape index (κ2) is 38.7. The fraction of sp³-hybridized carbons (Fsp3) is 0.432. The molecule has 2 aromatic heterocycles. The van der Waals surface area contributed by atoms with Gasteiger partial charge in [0.2, 0.25) is 30.9 Å². The molecule has 0 spiro atoms. The molecule has 3 saturated heterocycles. The molecule has 37 heteroatoms. The second-order valence-electron chi connectivity index (χ2n) is 27.1. The van der Waals surface area contributed by atoms with Crippen molar-refractivity contribution in [2.45, 2.75) is 121 Å². The molecule has 29 nitrogen and oxygen atoms in total. The highest BCUT2D eigenvalue weighted by Crippen LogP contribution is 2.47. The van der Waals surface area contributed by atoms with Crippen molar-refractivity contribution in [1.29, 1.82) is 0 Å². The molecule has 594 valence electrons. The Labute approximate surface area is 673 Å². The summed E-state index contributed by atoms with van der Waals surface area (Å²) in [6.45, 7) is 12.8. The monoisotopic (exact) mass is 1680 g/mol. The molecule has 2 N–H and O–H groups in total. The summed E-state index contributed by atoms with van der Waals surface area (Å²) in [6.07, 6.45) is -0.566. The van der Waals surface area contributed by atoms with Gasteiger partial charge in [0, 0.05) is 63.5 Å². The average molecular weight is 1690 g/mol. The van der Waals surface area contributed by atoms with E-state index in [0.29, 0.717) is 55.3 Å². The molecule has 3 aromatic carbocycles. The van der Waals surface area contributed by atoms with Gasteiger partial charge in [0.15, 0.2) is 23.0 Å². The zero-order valence-corrected chi connectivity index (χ0v) is 68.5. The molecule has 3 fully saturated rings. The SMILES string of the molecule is COc1ccc(COC(=O)C2=C(CCl)CSC3C(CC(=O)/C(=N/OCC(=O)OC(C)(C)C)c4csc(C)n4)C(=O)N23)cc1.COc1ccc(COC(=O)C2=C(CCl)CSC3C(N)C(=O)N23)cc1.COc1ccc(COC(=O)C2=C(CCl)C[S@](=O)C3C(CC(=O)/C(=N/OCC(=O)OC(C)(C)C)c4csc(C)n4)C(=O)N23)cc1. The number of ketones is 2. The van der Waals surface area contributed by atoms with Crippen LogP contribution in [0, 0.1) is 25.7 Å². The first-order valence-corrected chi connectivity index (χ1v) is 41.0. The first-order chi connectivity index (χ1) is 52.8. The maximum absolute atomic E-state index is 13.5. The van der Waals surface area contributed by atoms with Gasteiger partial charge in [0.25, 0.3) is 0 Å². The van der Waals surface area contributed by atoms with E-state index in [1.807, 2.05) is 12.1 Å². The molecule has 111 heavy (non-hydrogen) atoms. The van der Waals surface area contributed by atoms with Crippen LogP contribution in [0.15, 0.2) is 128 Å². The molecule has 6 unspecified atom stereocenters. The van der Waals surface area contributed by atoms with E-state index in [4.69, 9.17) is 88.1 Å². The molecule has 5 aromatic rings. The second-order valence-corrected chi connectivity index (χ2v) is 33.7. The van der Waals surface area contributed by atoms with Crippen LogP contribution in [0.5, 0.6) is 17.2 Å². The summed E-state index contributed by atoms with van der Waals surface area (Å²) < 4.78 is 55.4. The van der Waals surface area contributed by atoms with E-state index < -0.39 is 117 Å². The predicted octanol–water partition coefficient (Wildman–Crippen LogP) is 8.99. The summed E-state index contributed by atoms with van der Waals surface area (Å²) >= 11 is 23.7. The maximum Gasteiger partial charge on any atom is 0.355 e. The van der Waals surface area contributed by atoms with Crippen LogP contribution in [0.25, 0.3) is 0 Å². The van der Waals surface area contributed by atoms with Crippen molar-refractivity contribution in [3.05, 3.63) is 155 Å². The number of aryl methyl sites for hydroxylation is 2. The number of hydrogen-bond acceptors (Lipinski definition) is 30. The van der Waals surface area contributed by atoms with Crippen molar-refractivity contribution in [1.82, 2.24) is 24.7 Å². The van der Waals surface area contributed by atoms with Crippen molar-refractivity contribution in [2.75, 3.05) is 69.4 Å². The van der Waals surface area contributed by atoms with E-state index in [0.717, 1.165) is 21.8 Å². The van der Waals surface area contributed by atoms with Gasteiger partial charge in [-0.25, -0.2) is 33.9 Å². The Bertz CT molecular complexity index is 4540. The number of amides is 3. The van der Waals surface area contributed by atoms with Crippen LogP contribution < -0.4 is 19.9 Å². The average Bonchev–Trinajstić information content (AvgIpc) is 0.849. The predicted molar refractivity (Wildman–Crippen MR) is 416 cm³/mol. The summed E-state index contributed by atoms with van der Waals surface area (Å²) in [5.41, 5.74) is 8.70. The number of oxime groups is 2. The summed E-state index contributed by atoms with van der Waals surface area (Å²) in [4.78, 5) is 151. The van der Waals surface area contributed by atoms with Crippen molar-refractivity contribution < 1.29 is 99.7 Å². The third-order valence-electron chi connectivity index (χ3n) is 16.8. The molecular weight excluding hydrogens is 1600 g/mol. The highest BCUT2D eigenvalue weighted by molar-refractivity contribution is 8.00. The van der Waals surface area contributed by atoms with E-state index in [1.165, 1.54) is 63.1 Å². The minimum absolute atomic E-state index is 0.000173. The molecule has 8 heterocycles. The number of ether oxygens (including phenoxy) is 8. The molecule has 6 aliphatic rings. The quantitative estimate of drug-likeness (QED) is 0.0116. The number of nitrogens with two attached hydrogens (primary N) is 1. The van der Waals surface area contributed by atoms with Crippen molar-refractivity contribution >= 4 is 162 Å². The number of carbonyl (C=O) groups is 10. The number of thiazole rings is 2. The maximum atomic E-state index is 13.5. The highest BCUT2D eigenvalue weighted by Gasteiger charge is 2.58. The lowest BCUT2D eigenvalue weighted by Crippen LogP contribution is -2.68. The first-order valence-electron chi connectivity index (χ1n) is 34.1. The lowest BCUT2D eigenvalue weighted by Gasteiger charge is -2.49. The van der Waals surface area contributed by atoms with Gasteiger partial charge in [-0.15, -0.1) is 81.0 Å². The molecule has 11 rings (SSSR count). The number of nitrogens with zero attached hydrogens (tertiary/aromatic N) is 7. The van der Waals surface area contributed by atoms with Crippen LogP contribution in [0.1, 0.15) is 92.5 Å². The minimum Gasteiger partial charge on any atom is -0.497 e. The Hall–Kier alpha value is -8.74. The summed E-state index contributed by atoms with van der Waals surface area (Å²) in [5, 5.41) is 10.8. The van der Waals surface area contributed by atoms with Gasteiger partial charge >= 0.3 is 29.8 Å². The number of alkyl halides is 3. The molecule has 0 saturated carbocycles. The van der Waals surface area contributed by atoms with E-state index in [1.54, 1.807) is 141 Å². The first kappa shape index (κ1) is 86.2. The van der Waals surface area contributed by atoms with Gasteiger partial charge in [0.1, 0.15) is 93.5 Å². The zero-order valence-electron chi connectivity index (χ0n) is 62.2. The fourth-order valence-electron chi connectivity index (χ4n) is 11.5. The number of thioether (sulfide) groups is 2. The van der Waals surface area contributed by atoms with Crippen LogP contribution in [-0.2, 0) is 112 Å². The number of esters is 5. The van der Waals surface area contributed by atoms with Gasteiger partial charge in [0.05, 0.1) is 54.3 Å². The van der Waals surface area contributed by atoms with Gasteiger partial charge in [-0.05, 0) is 125 Å². The summed E-state index contributed by atoms with van der Waals surface area (Å²) in [5.74, 6) is -4.31. The topological polar surface area (TPSA) is 366 Å². The number of rotatable bonds is 29. The van der Waals surface area contributed by atoms with Crippen LogP contribution >= 0.6 is 81.0 Å². The van der Waals surface area contributed by atoms with Gasteiger partial charge in [-0.1, -0.05) is 46.7 Å². The number of methoxy groups -OCH3 is 3. The fourth-order valence-corrected chi connectivity index (χ4v) is 18.2. The normalized spacial score (nSPS) is 20.0. The summed E-state index contributed by atoms with van der Waals surface area (Å²) in [7, 11) is 3.05. The van der Waals surface area contributed by atoms with Crippen molar-refractivity contribution in [3.63, 3.8) is 0 Å². The van der Waals surface area contributed by atoms with Crippen LogP contribution in [0.3, 0.4) is 0 Å². The third-order valence-corrected chi connectivity index (χ3v) is 23.8. The van der Waals surface area contributed by atoms with Crippen LogP contribution in [-0.4, -0.2) is 202 Å². The summed E-state index contributed by atoms with van der Waals surface area (Å²) in [6, 6.07) is 20.6. The molecule has 3 amide bonds. The minimum atomic E-state index is -1.64. The Kier molecular flexibility index (Phi) is 30.0. The zero-order chi connectivity index (χ0) is 80.8.